The van der Waals surface area contributed by atoms with Crippen molar-refractivity contribution in [3.63, 3.8) is 0 Å². The molecule has 3 amide bonds. The lowest BCUT2D eigenvalue weighted by Crippen LogP contribution is -2.51. The van der Waals surface area contributed by atoms with E-state index in [0.29, 0.717) is 13.0 Å². The van der Waals surface area contributed by atoms with Crippen LogP contribution in [0, 0.1) is 18.3 Å². The first-order valence-corrected chi connectivity index (χ1v) is 10.1. The van der Waals surface area contributed by atoms with Crippen LogP contribution in [0.5, 0.6) is 0 Å². The number of carbonyl (C=O) groups excluding carboxylic acids is 2. The number of amides is 3. The second-order valence-corrected chi connectivity index (χ2v) is 7.62. The molecule has 0 fully saturated rings. The largest absolute Gasteiger partial charge is 0.341 e. The fraction of sp³-hybridized carbons (Fsp3) is 0.227. The standard InChI is InChI=1S/C22H22N4O2S/c1-15-5-4-6-16(11-15)13-25-22(28)26-19(21(27)24-10-9-23)12-17-14-29-20-8-3-2-7-18(17)20/h2-8,11,14,19H,10,12-13H2,1H3,(H,24,27)(H2,25,26,28). The summed E-state index contributed by atoms with van der Waals surface area (Å²) in [6.45, 7) is 2.25. The number of urea groups is 1. The van der Waals surface area contributed by atoms with Gasteiger partial charge in [0.1, 0.15) is 12.6 Å². The van der Waals surface area contributed by atoms with E-state index in [1.54, 1.807) is 11.3 Å². The van der Waals surface area contributed by atoms with Gasteiger partial charge in [-0.2, -0.15) is 5.26 Å². The van der Waals surface area contributed by atoms with E-state index >= 15 is 0 Å². The predicted molar refractivity (Wildman–Crippen MR) is 114 cm³/mol. The monoisotopic (exact) mass is 406 g/mol. The van der Waals surface area contributed by atoms with Crippen LogP contribution in [0.3, 0.4) is 0 Å². The molecule has 6 nitrogen and oxygen atoms in total. The van der Waals surface area contributed by atoms with Crippen molar-refractivity contribution in [3.8, 4) is 6.07 Å². The zero-order valence-electron chi connectivity index (χ0n) is 16.1. The summed E-state index contributed by atoms with van der Waals surface area (Å²) in [7, 11) is 0. The van der Waals surface area contributed by atoms with Gasteiger partial charge in [0.05, 0.1) is 6.07 Å². The smallest absolute Gasteiger partial charge is 0.315 e. The van der Waals surface area contributed by atoms with Crippen molar-refractivity contribution in [2.45, 2.75) is 25.9 Å². The molecule has 1 unspecified atom stereocenters. The van der Waals surface area contributed by atoms with Crippen LogP contribution in [-0.4, -0.2) is 24.5 Å². The van der Waals surface area contributed by atoms with E-state index in [4.69, 9.17) is 5.26 Å². The fourth-order valence-corrected chi connectivity index (χ4v) is 4.06. The van der Waals surface area contributed by atoms with Crippen LogP contribution in [0.1, 0.15) is 16.7 Å². The van der Waals surface area contributed by atoms with Crippen molar-refractivity contribution in [3.05, 3.63) is 70.6 Å². The first kappa shape index (κ1) is 20.4. The molecule has 0 radical (unpaired) electrons. The van der Waals surface area contributed by atoms with Gasteiger partial charge in [0.15, 0.2) is 0 Å². The molecule has 0 aliphatic heterocycles. The van der Waals surface area contributed by atoms with E-state index in [9.17, 15) is 9.59 Å². The predicted octanol–water partition coefficient (Wildman–Crippen LogP) is 3.26. The van der Waals surface area contributed by atoms with E-state index in [1.807, 2.05) is 66.9 Å². The Morgan fingerprint density at radius 3 is 2.76 bits per heavy atom. The van der Waals surface area contributed by atoms with Gasteiger partial charge in [-0.15, -0.1) is 11.3 Å². The van der Waals surface area contributed by atoms with Crippen molar-refractivity contribution in [2.75, 3.05) is 6.54 Å². The molecule has 3 rings (SSSR count). The normalized spacial score (nSPS) is 11.4. The molecule has 0 saturated heterocycles. The molecular formula is C22H22N4O2S. The number of hydrogen-bond donors (Lipinski definition) is 3. The molecule has 29 heavy (non-hydrogen) atoms. The zero-order chi connectivity index (χ0) is 20.6. The van der Waals surface area contributed by atoms with Gasteiger partial charge in [-0.3, -0.25) is 4.79 Å². The molecule has 148 valence electrons. The van der Waals surface area contributed by atoms with E-state index in [0.717, 1.165) is 26.8 Å². The molecule has 0 spiro atoms. The van der Waals surface area contributed by atoms with Crippen LogP contribution < -0.4 is 16.0 Å². The topological polar surface area (TPSA) is 94.0 Å². The first-order valence-electron chi connectivity index (χ1n) is 9.26. The lowest BCUT2D eigenvalue weighted by atomic mass is 10.0. The molecule has 7 heteroatoms. The van der Waals surface area contributed by atoms with Crippen molar-refractivity contribution in [1.29, 1.82) is 5.26 Å². The second kappa shape index (κ2) is 9.71. The summed E-state index contributed by atoms with van der Waals surface area (Å²) in [6.07, 6.45) is 0.346. The number of aryl methyl sites for hydroxylation is 1. The number of benzene rings is 2. The van der Waals surface area contributed by atoms with Crippen LogP contribution in [0.15, 0.2) is 53.9 Å². The fourth-order valence-electron chi connectivity index (χ4n) is 3.08. The Labute approximate surface area is 173 Å². The Morgan fingerprint density at radius 2 is 1.97 bits per heavy atom. The van der Waals surface area contributed by atoms with E-state index < -0.39 is 12.1 Å². The number of nitriles is 1. The quantitative estimate of drug-likeness (QED) is 0.526. The maximum atomic E-state index is 12.5. The van der Waals surface area contributed by atoms with E-state index in [1.165, 1.54) is 0 Å². The van der Waals surface area contributed by atoms with Crippen molar-refractivity contribution in [2.24, 2.45) is 0 Å². The van der Waals surface area contributed by atoms with Gasteiger partial charge in [-0.05, 0) is 34.9 Å². The Kier molecular flexibility index (Phi) is 6.82. The molecular weight excluding hydrogens is 384 g/mol. The lowest BCUT2D eigenvalue weighted by Gasteiger charge is -2.18. The summed E-state index contributed by atoms with van der Waals surface area (Å²) in [5.74, 6) is -0.382. The van der Waals surface area contributed by atoms with Crippen molar-refractivity contribution < 1.29 is 9.59 Å². The molecule has 0 aliphatic carbocycles. The highest BCUT2D eigenvalue weighted by Crippen LogP contribution is 2.26. The van der Waals surface area contributed by atoms with Gasteiger partial charge in [-0.25, -0.2) is 4.79 Å². The minimum absolute atomic E-state index is 0.105. The van der Waals surface area contributed by atoms with Gasteiger partial charge in [0.25, 0.3) is 0 Å². The average molecular weight is 407 g/mol. The van der Waals surface area contributed by atoms with Crippen LogP contribution >= 0.6 is 11.3 Å². The Morgan fingerprint density at radius 1 is 1.14 bits per heavy atom. The third kappa shape index (κ3) is 5.56. The summed E-state index contributed by atoms with van der Waals surface area (Å²) in [6, 6.07) is 16.5. The maximum Gasteiger partial charge on any atom is 0.315 e. The van der Waals surface area contributed by atoms with Gasteiger partial charge in [0, 0.05) is 17.7 Å². The molecule has 3 aromatic rings. The maximum absolute atomic E-state index is 12.5. The molecule has 1 aromatic heterocycles. The SMILES string of the molecule is Cc1cccc(CNC(=O)NC(Cc2csc3ccccc23)C(=O)NCC#N)c1. The number of nitrogens with zero attached hydrogens (tertiary/aromatic N) is 1. The Hall–Kier alpha value is -3.37. The van der Waals surface area contributed by atoms with Gasteiger partial charge >= 0.3 is 6.03 Å². The average Bonchev–Trinajstić information content (AvgIpc) is 3.13. The summed E-state index contributed by atoms with van der Waals surface area (Å²) in [5, 5.41) is 19.9. The zero-order valence-corrected chi connectivity index (χ0v) is 16.9. The Balaban J connectivity index is 1.68. The summed E-state index contributed by atoms with van der Waals surface area (Å²) < 4.78 is 1.13. The van der Waals surface area contributed by atoms with Crippen LogP contribution in [-0.2, 0) is 17.8 Å². The number of rotatable bonds is 7. The summed E-state index contributed by atoms with van der Waals surface area (Å²) >= 11 is 1.60. The number of hydrogen-bond acceptors (Lipinski definition) is 4. The highest BCUT2D eigenvalue weighted by Gasteiger charge is 2.22. The van der Waals surface area contributed by atoms with Crippen molar-refractivity contribution >= 4 is 33.4 Å². The number of fused-ring (bicyclic) bond motifs is 1. The number of nitrogens with one attached hydrogen (secondary N) is 3. The third-order valence-corrected chi connectivity index (χ3v) is 5.50. The second-order valence-electron chi connectivity index (χ2n) is 6.71. The molecule has 3 N–H and O–H groups in total. The summed E-state index contributed by atoms with van der Waals surface area (Å²) in [5.41, 5.74) is 3.08. The third-order valence-electron chi connectivity index (χ3n) is 4.48. The van der Waals surface area contributed by atoms with Gasteiger partial charge in [0.2, 0.25) is 5.91 Å². The van der Waals surface area contributed by atoms with Crippen LogP contribution in [0.25, 0.3) is 10.1 Å². The lowest BCUT2D eigenvalue weighted by molar-refractivity contribution is -0.122. The molecule has 1 atom stereocenters. The van der Waals surface area contributed by atoms with E-state index in [2.05, 4.69) is 16.0 Å². The molecule has 0 aliphatic rings. The Bertz CT molecular complexity index is 1050. The van der Waals surface area contributed by atoms with Crippen molar-refractivity contribution in [1.82, 2.24) is 16.0 Å². The summed E-state index contributed by atoms with van der Waals surface area (Å²) in [4.78, 5) is 24.9. The first-order chi connectivity index (χ1) is 14.1. The minimum Gasteiger partial charge on any atom is -0.341 e. The molecule has 1 heterocycles. The molecule has 0 bridgehead atoms. The highest BCUT2D eigenvalue weighted by molar-refractivity contribution is 7.17. The highest BCUT2D eigenvalue weighted by atomic mass is 32.1. The van der Waals surface area contributed by atoms with Crippen LogP contribution in [0.2, 0.25) is 0 Å². The van der Waals surface area contributed by atoms with E-state index in [-0.39, 0.29) is 12.5 Å². The number of thiophene rings is 1. The number of carbonyl (C=O) groups is 2. The van der Waals surface area contributed by atoms with Crippen LogP contribution in [0.4, 0.5) is 4.79 Å². The molecule has 0 saturated carbocycles. The molecule has 2 aromatic carbocycles. The van der Waals surface area contributed by atoms with Gasteiger partial charge in [-0.1, -0.05) is 48.0 Å². The minimum atomic E-state index is -0.779. The van der Waals surface area contributed by atoms with Gasteiger partial charge < -0.3 is 16.0 Å².